The fraction of sp³-hybridized carbons (Fsp3) is 0.524. The highest BCUT2D eigenvalue weighted by molar-refractivity contribution is 6.27. The summed E-state index contributed by atoms with van der Waals surface area (Å²) in [5.41, 5.74) is 0.137. The topological polar surface area (TPSA) is 94.1 Å². The zero-order chi connectivity index (χ0) is 21.7. The van der Waals surface area contributed by atoms with E-state index < -0.39 is 40.8 Å². The quantitative estimate of drug-likeness (QED) is 0.378. The van der Waals surface area contributed by atoms with Crippen LogP contribution in [0.25, 0.3) is 0 Å². The molecule has 0 heterocycles. The van der Waals surface area contributed by atoms with Crippen LogP contribution in [-0.2, 0) is 25.6 Å². The minimum absolute atomic E-state index is 0.0977. The molecule has 2 rings (SSSR count). The highest BCUT2D eigenvalue weighted by Crippen LogP contribution is 2.44. The van der Waals surface area contributed by atoms with E-state index in [1.165, 1.54) is 6.08 Å². The Morgan fingerprint density at radius 2 is 1.97 bits per heavy atom. The van der Waals surface area contributed by atoms with E-state index in [0.29, 0.717) is 0 Å². The molecule has 1 saturated carbocycles. The molecule has 1 amide bonds. The lowest BCUT2D eigenvalue weighted by Crippen LogP contribution is -2.76. The van der Waals surface area contributed by atoms with Gasteiger partial charge in [0.15, 0.2) is 0 Å². The summed E-state index contributed by atoms with van der Waals surface area (Å²) in [7, 11) is 0. The first-order valence-electron chi connectivity index (χ1n) is 9.35. The van der Waals surface area contributed by atoms with Crippen molar-refractivity contribution in [3.05, 3.63) is 48.6 Å². The summed E-state index contributed by atoms with van der Waals surface area (Å²) >= 11 is 6.55. The molecule has 160 valence electrons. The highest BCUT2D eigenvalue weighted by Gasteiger charge is 2.63. The second-order valence-corrected chi connectivity index (χ2v) is 8.61. The number of aliphatic hydroxyl groups excluding tert-OH is 1. The monoisotopic (exact) mass is 425 g/mol. The van der Waals surface area contributed by atoms with Crippen molar-refractivity contribution < 1.29 is 28.9 Å². The third-order valence-corrected chi connectivity index (χ3v) is 4.94. The molecule has 0 spiro atoms. The lowest BCUT2D eigenvalue weighted by Gasteiger charge is -2.54. The van der Waals surface area contributed by atoms with Crippen LogP contribution in [0.15, 0.2) is 43.0 Å². The van der Waals surface area contributed by atoms with E-state index in [9.17, 15) is 14.7 Å². The van der Waals surface area contributed by atoms with E-state index >= 15 is 0 Å². The number of aliphatic hydroxyl groups is 1. The largest absolute Gasteiger partial charge is 0.461 e. The van der Waals surface area contributed by atoms with Gasteiger partial charge in [-0.3, -0.25) is 4.79 Å². The second-order valence-electron chi connectivity index (χ2n) is 7.91. The van der Waals surface area contributed by atoms with Crippen molar-refractivity contribution in [3.63, 3.8) is 0 Å². The van der Waals surface area contributed by atoms with E-state index in [1.807, 2.05) is 30.3 Å². The van der Waals surface area contributed by atoms with E-state index in [4.69, 9.17) is 25.8 Å². The Bertz CT molecular complexity index is 720. The van der Waals surface area contributed by atoms with Crippen LogP contribution >= 0.6 is 11.6 Å². The summed E-state index contributed by atoms with van der Waals surface area (Å²) in [6.45, 7) is 8.99. The SMILES string of the molecule is C=CCO[C@H]1[C@H](NC(=O)OC(C)(C)C)[C@H](O)[C@]1(Cl)CC(=O)OCc1ccccc1. The molecule has 0 saturated heterocycles. The molecular weight excluding hydrogens is 398 g/mol. The molecule has 2 N–H and O–H groups in total. The molecule has 1 aliphatic rings. The maximum Gasteiger partial charge on any atom is 0.408 e. The number of esters is 1. The molecule has 7 nitrogen and oxygen atoms in total. The van der Waals surface area contributed by atoms with Gasteiger partial charge < -0.3 is 24.6 Å². The zero-order valence-electron chi connectivity index (χ0n) is 16.9. The molecule has 0 aliphatic heterocycles. The summed E-state index contributed by atoms with van der Waals surface area (Å²) in [5.74, 6) is -0.578. The Morgan fingerprint density at radius 3 is 2.55 bits per heavy atom. The molecule has 0 unspecified atom stereocenters. The van der Waals surface area contributed by atoms with Gasteiger partial charge in [-0.05, 0) is 26.3 Å². The van der Waals surface area contributed by atoms with E-state index in [2.05, 4.69) is 11.9 Å². The molecule has 1 aromatic carbocycles. The summed E-state index contributed by atoms with van der Waals surface area (Å²) in [6.07, 6.45) is -1.53. The maximum absolute atomic E-state index is 12.3. The highest BCUT2D eigenvalue weighted by atomic mass is 35.5. The summed E-state index contributed by atoms with van der Waals surface area (Å²) in [6, 6.07) is 8.38. The number of carbonyl (C=O) groups excluding carboxylic acids is 2. The molecule has 0 radical (unpaired) electrons. The van der Waals surface area contributed by atoms with Crippen LogP contribution in [0.5, 0.6) is 0 Å². The van der Waals surface area contributed by atoms with Gasteiger partial charge in [-0.25, -0.2) is 4.79 Å². The summed E-state index contributed by atoms with van der Waals surface area (Å²) in [5, 5.41) is 13.1. The Morgan fingerprint density at radius 1 is 1.31 bits per heavy atom. The molecule has 8 heteroatoms. The lowest BCUT2D eigenvalue weighted by molar-refractivity contribution is -0.161. The molecule has 1 aliphatic carbocycles. The fourth-order valence-electron chi connectivity index (χ4n) is 3.04. The first kappa shape index (κ1) is 23.2. The first-order valence-corrected chi connectivity index (χ1v) is 9.73. The van der Waals surface area contributed by atoms with E-state index in [-0.39, 0.29) is 19.6 Å². The Kier molecular flexibility index (Phi) is 7.68. The van der Waals surface area contributed by atoms with Gasteiger partial charge in [0.2, 0.25) is 0 Å². The Balaban J connectivity index is 1.99. The number of benzene rings is 1. The number of nitrogens with one attached hydrogen (secondary N) is 1. The number of alkyl halides is 1. The Hall–Kier alpha value is -2.09. The van der Waals surface area contributed by atoms with Gasteiger partial charge in [0.1, 0.15) is 23.2 Å². The molecule has 29 heavy (non-hydrogen) atoms. The van der Waals surface area contributed by atoms with Crippen LogP contribution in [-0.4, -0.2) is 52.5 Å². The zero-order valence-corrected chi connectivity index (χ0v) is 17.6. The number of halogens is 1. The average molecular weight is 426 g/mol. The first-order chi connectivity index (χ1) is 13.6. The summed E-state index contributed by atoms with van der Waals surface area (Å²) in [4.78, 5) is 22.9. The van der Waals surface area contributed by atoms with Crippen molar-refractivity contribution in [1.29, 1.82) is 0 Å². The second kappa shape index (κ2) is 9.61. The third-order valence-electron chi connectivity index (χ3n) is 4.37. The van der Waals surface area contributed by atoms with Crippen molar-refractivity contribution in [1.82, 2.24) is 5.32 Å². The molecule has 0 bridgehead atoms. The number of hydrogen-bond acceptors (Lipinski definition) is 6. The standard InChI is InChI=1S/C21H28ClNO6/c1-5-11-27-18-16(23-19(26)29-20(2,3)4)17(25)21(18,22)12-15(24)28-13-14-9-7-6-8-10-14/h5-10,16-18,25H,1,11-13H2,2-4H3,(H,23,26)/t16-,17+,18+,21-/m1/s1. The minimum Gasteiger partial charge on any atom is -0.461 e. The Labute approximate surface area is 176 Å². The molecule has 1 fully saturated rings. The van der Waals surface area contributed by atoms with Crippen molar-refractivity contribution in [2.24, 2.45) is 0 Å². The van der Waals surface area contributed by atoms with Gasteiger partial charge in [0.05, 0.1) is 25.2 Å². The number of rotatable bonds is 8. The number of hydrogen-bond donors (Lipinski definition) is 2. The van der Waals surface area contributed by atoms with Crippen LogP contribution in [0.3, 0.4) is 0 Å². The molecule has 0 aromatic heterocycles. The van der Waals surface area contributed by atoms with Crippen molar-refractivity contribution >= 4 is 23.7 Å². The van der Waals surface area contributed by atoms with Crippen molar-refractivity contribution in [3.8, 4) is 0 Å². The normalized spacial score (nSPS) is 26.2. The average Bonchev–Trinajstić information content (AvgIpc) is 2.64. The predicted octanol–water partition coefficient (Wildman–Crippen LogP) is 2.94. The van der Waals surface area contributed by atoms with Gasteiger partial charge in [0, 0.05) is 0 Å². The maximum atomic E-state index is 12.3. The lowest BCUT2D eigenvalue weighted by atomic mass is 9.70. The molecular formula is C21H28ClNO6. The fourth-order valence-corrected chi connectivity index (χ4v) is 3.48. The number of carbonyl (C=O) groups is 2. The van der Waals surface area contributed by atoms with E-state index in [1.54, 1.807) is 20.8 Å². The van der Waals surface area contributed by atoms with Crippen LogP contribution in [0.4, 0.5) is 4.79 Å². The van der Waals surface area contributed by atoms with Crippen molar-refractivity contribution in [2.45, 2.75) is 62.5 Å². The molecule has 4 atom stereocenters. The summed E-state index contributed by atoms with van der Waals surface area (Å²) < 4.78 is 16.1. The van der Waals surface area contributed by atoms with Gasteiger partial charge in [-0.1, -0.05) is 36.4 Å². The number of alkyl carbamates (subject to hydrolysis) is 1. The minimum atomic E-state index is -1.43. The van der Waals surface area contributed by atoms with Crippen molar-refractivity contribution in [2.75, 3.05) is 6.61 Å². The molecule has 1 aromatic rings. The third kappa shape index (κ3) is 6.19. The van der Waals surface area contributed by atoms with E-state index in [0.717, 1.165) is 5.56 Å². The van der Waals surface area contributed by atoms with Crippen LogP contribution < -0.4 is 5.32 Å². The smallest absolute Gasteiger partial charge is 0.408 e. The van der Waals surface area contributed by atoms with Crippen LogP contribution in [0.2, 0.25) is 0 Å². The van der Waals surface area contributed by atoms with Crippen LogP contribution in [0.1, 0.15) is 32.8 Å². The number of amides is 1. The van der Waals surface area contributed by atoms with Gasteiger partial charge >= 0.3 is 12.1 Å². The predicted molar refractivity (Wildman–Crippen MR) is 109 cm³/mol. The number of ether oxygens (including phenoxy) is 3. The van der Waals surface area contributed by atoms with Crippen LogP contribution in [0, 0.1) is 0 Å². The van der Waals surface area contributed by atoms with Gasteiger partial charge in [-0.2, -0.15) is 0 Å². The van der Waals surface area contributed by atoms with Gasteiger partial charge in [0.25, 0.3) is 0 Å². The van der Waals surface area contributed by atoms with Gasteiger partial charge in [-0.15, -0.1) is 18.2 Å².